The van der Waals surface area contributed by atoms with Crippen molar-refractivity contribution in [2.24, 2.45) is 4.99 Å². The predicted octanol–water partition coefficient (Wildman–Crippen LogP) is 13.1. The van der Waals surface area contributed by atoms with Gasteiger partial charge in [-0.1, -0.05) is 180 Å². The molecular weight excluding hydrogens is 575 g/mol. The molecule has 0 atom stereocenters. The fraction of sp³-hybridized carbons (Fsp3) is 0.974. The molecule has 0 aliphatic carbocycles. The van der Waals surface area contributed by atoms with E-state index in [-0.39, 0.29) is 0 Å². The third-order valence-electron chi connectivity index (χ3n) is 9.16. The van der Waals surface area contributed by atoms with Gasteiger partial charge in [-0.3, -0.25) is 0 Å². The third-order valence-corrected chi connectivity index (χ3v) is 12.3. The maximum atomic E-state index is 10.0. The van der Waals surface area contributed by atoms with Gasteiger partial charge >= 0.3 is 8.80 Å². The van der Waals surface area contributed by atoms with E-state index in [4.69, 9.17) is 13.3 Å². The zero-order chi connectivity index (χ0) is 32.8. The van der Waals surface area contributed by atoms with E-state index in [0.29, 0.717) is 26.4 Å². The molecule has 0 heterocycles. The van der Waals surface area contributed by atoms with E-state index in [1.54, 1.807) is 6.08 Å². The van der Waals surface area contributed by atoms with Crippen molar-refractivity contribution in [3.8, 4) is 0 Å². The molecule has 0 aliphatic rings. The molecule has 0 bridgehead atoms. The molecule has 0 N–H and O–H groups in total. The molecule has 0 saturated carbocycles. The lowest BCUT2D eigenvalue weighted by Crippen LogP contribution is -2.45. The Kier molecular flexibility index (Phi) is 37.5. The second-order valence-corrected chi connectivity index (χ2v) is 16.0. The summed E-state index contributed by atoms with van der Waals surface area (Å²) in [6, 6.07) is 0.968. The Balaban J connectivity index is 3.23. The minimum absolute atomic E-state index is 0.665. The lowest BCUT2D eigenvalue weighted by atomic mass is 10.0. The molecule has 0 spiro atoms. The summed E-state index contributed by atoms with van der Waals surface area (Å²) in [5.74, 6) is 0. The zero-order valence-electron chi connectivity index (χ0n) is 30.8. The molecule has 0 aromatic carbocycles. The first-order valence-electron chi connectivity index (χ1n) is 20.2. The van der Waals surface area contributed by atoms with E-state index in [0.717, 1.165) is 12.5 Å². The first-order chi connectivity index (χ1) is 22.2. The van der Waals surface area contributed by atoms with E-state index in [1.807, 2.05) is 20.8 Å². The van der Waals surface area contributed by atoms with Crippen LogP contribution in [0.15, 0.2) is 4.99 Å². The van der Waals surface area contributed by atoms with E-state index in [1.165, 1.54) is 186 Å². The van der Waals surface area contributed by atoms with Crippen molar-refractivity contribution in [3.05, 3.63) is 0 Å². The number of hydrogen-bond acceptors (Lipinski definition) is 5. The molecule has 0 saturated heterocycles. The molecule has 0 aliphatic heterocycles. The summed E-state index contributed by atoms with van der Waals surface area (Å²) in [6.45, 7) is 8.83. The lowest BCUT2D eigenvalue weighted by molar-refractivity contribution is 0.0706. The van der Waals surface area contributed by atoms with Crippen LogP contribution >= 0.6 is 0 Å². The molecular formula is C39H79NO4Si. The largest absolute Gasteiger partial charge is 0.500 e. The van der Waals surface area contributed by atoms with Gasteiger partial charge in [-0.15, -0.1) is 0 Å². The highest BCUT2D eigenvalue weighted by Gasteiger charge is 2.39. The Hall–Kier alpha value is -0.523. The monoisotopic (exact) mass is 654 g/mol. The number of isocyanates is 1. The Morgan fingerprint density at radius 1 is 0.378 bits per heavy atom. The summed E-state index contributed by atoms with van der Waals surface area (Å²) >= 11 is 0. The number of rotatable bonds is 39. The maximum Gasteiger partial charge on any atom is 0.500 e. The summed E-state index contributed by atoms with van der Waals surface area (Å²) in [4.78, 5) is 13.6. The summed E-state index contributed by atoms with van der Waals surface area (Å²) in [7, 11) is -2.43. The molecule has 0 amide bonds. The fourth-order valence-corrected chi connectivity index (χ4v) is 9.21. The van der Waals surface area contributed by atoms with Crippen LogP contribution in [0.25, 0.3) is 0 Å². The van der Waals surface area contributed by atoms with Crippen LogP contribution < -0.4 is 0 Å². The van der Waals surface area contributed by atoms with Crippen molar-refractivity contribution in [3.63, 3.8) is 0 Å². The van der Waals surface area contributed by atoms with Crippen LogP contribution in [-0.2, 0) is 18.1 Å². The van der Waals surface area contributed by atoms with Crippen LogP contribution in [0.1, 0.15) is 213 Å². The Morgan fingerprint density at radius 2 is 0.600 bits per heavy atom. The Bertz CT molecular complexity index is 597. The van der Waals surface area contributed by atoms with Gasteiger partial charge in [0.25, 0.3) is 0 Å². The normalized spacial score (nSPS) is 11.7. The van der Waals surface area contributed by atoms with Crippen LogP contribution in [0, 0.1) is 0 Å². The number of nitrogens with zero attached hydrogens (tertiary/aromatic N) is 1. The van der Waals surface area contributed by atoms with Gasteiger partial charge in [0.1, 0.15) is 0 Å². The third kappa shape index (κ3) is 33.2. The highest BCUT2D eigenvalue weighted by Crippen LogP contribution is 2.21. The minimum Gasteiger partial charge on any atom is -0.374 e. The van der Waals surface area contributed by atoms with Gasteiger partial charge < -0.3 is 13.3 Å². The van der Waals surface area contributed by atoms with Crippen LogP contribution in [-0.4, -0.2) is 41.2 Å². The summed E-state index contributed by atoms with van der Waals surface area (Å²) in [5, 5.41) is 0. The Labute approximate surface area is 283 Å². The van der Waals surface area contributed by atoms with Gasteiger partial charge in [0.05, 0.1) is 6.54 Å². The summed E-state index contributed by atoms with van der Waals surface area (Å²) in [5.41, 5.74) is 0. The number of aliphatic imine (C=N–C) groups is 1. The second-order valence-electron chi connectivity index (χ2n) is 13.3. The molecule has 268 valence electrons. The van der Waals surface area contributed by atoms with Gasteiger partial charge in [0.15, 0.2) is 0 Å². The summed E-state index contributed by atoms with van der Waals surface area (Å²) < 4.78 is 17.9. The Morgan fingerprint density at radius 3 is 0.822 bits per heavy atom. The molecule has 45 heavy (non-hydrogen) atoms. The van der Waals surface area contributed by atoms with E-state index < -0.39 is 8.80 Å². The average molecular weight is 654 g/mol. The van der Waals surface area contributed by atoms with Gasteiger partial charge in [-0.25, -0.2) is 9.79 Å². The van der Waals surface area contributed by atoms with Crippen LogP contribution in [0.3, 0.4) is 0 Å². The number of unbranched alkanes of at least 4 members (excludes halogenated alkanes) is 29. The lowest BCUT2D eigenvalue weighted by Gasteiger charge is -2.28. The number of hydrogen-bond donors (Lipinski definition) is 0. The average Bonchev–Trinajstić information content (AvgIpc) is 3.03. The van der Waals surface area contributed by atoms with Crippen molar-refractivity contribution < 1.29 is 18.1 Å². The molecule has 0 unspecified atom stereocenters. The quantitative estimate of drug-likeness (QED) is 0.0287. The SMILES string of the molecule is CCO[Si](CCCCCCCCCCCCCCCCCCCCCCCCCCCCCCCCN=C=O)(OCC)OCC. The first-order valence-corrected chi connectivity index (χ1v) is 22.1. The highest BCUT2D eigenvalue weighted by molar-refractivity contribution is 6.60. The van der Waals surface area contributed by atoms with Gasteiger partial charge in [-0.05, 0) is 33.6 Å². The molecule has 5 nitrogen and oxygen atoms in total. The fourth-order valence-electron chi connectivity index (χ4n) is 6.53. The smallest absolute Gasteiger partial charge is 0.374 e. The standard InChI is InChI=1S/C39H79NO4Si/c1-4-42-45(43-5-2,44-6-3)38-36-34-32-30-28-26-24-22-20-18-16-14-12-10-8-7-9-11-13-15-17-19-21-23-25-27-29-31-33-35-37-40-39-41/h4-38H2,1-3H3. The second kappa shape index (κ2) is 37.9. The first kappa shape index (κ1) is 44.5. The molecule has 0 rings (SSSR count). The highest BCUT2D eigenvalue weighted by atomic mass is 28.4. The van der Waals surface area contributed by atoms with E-state index in [9.17, 15) is 4.79 Å². The van der Waals surface area contributed by atoms with Crippen LogP contribution in [0.2, 0.25) is 6.04 Å². The molecule has 0 aromatic heterocycles. The van der Waals surface area contributed by atoms with Crippen molar-refractivity contribution >= 4 is 14.9 Å². The predicted molar refractivity (Wildman–Crippen MR) is 197 cm³/mol. The van der Waals surface area contributed by atoms with Crippen molar-refractivity contribution in [2.75, 3.05) is 26.4 Å². The van der Waals surface area contributed by atoms with Gasteiger partial charge in [0.2, 0.25) is 6.08 Å². The van der Waals surface area contributed by atoms with Crippen LogP contribution in [0.4, 0.5) is 0 Å². The molecule has 0 aromatic rings. The molecule has 6 heteroatoms. The minimum atomic E-state index is -2.43. The summed E-state index contributed by atoms with van der Waals surface area (Å²) in [6.07, 6.45) is 43.3. The maximum absolute atomic E-state index is 10.0. The van der Waals surface area contributed by atoms with Gasteiger partial charge in [-0.2, -0.15) is 0 Å². The van der Waals surface area contributed by atoms with Crippen molar-refractivity contribution in [1.82, 2.24) is 0 Å². The van der Waals surface area contributed by atoms with E-state index >= 15 is 0 Å². The van der Waals surface area contributed by atoms with Crippen LogP contribution in [0.5, 0.6) is 0 Å². The van der Waals surface area contributed by atoms with Gasteiger partial charge in [0, 0.05) is 25.9 Å². The van der Waals surface area contributed by atoms with Crippen molar-refractivity contribution in [1.29, 1.82) is 0 Å². The molecule has 0 fully saturated rings. The number of carbonyl (C=O) groups excluding carboxylic acids is 1. The molecule has 0 radical (unpaired) electrons. The zero-order valence-corrected chi connectivity index (χ0v) is 31.8. The topological polar surface area (TPSA) is 57.1 Å². The van der Waals surface area contributed by atoms with Crippen molar-refractivity contribution in [2.45, 2.75) is 219 Å². The van der Waals surface area contributed by atoms with E-state index in [2.05, 4.69) is 4.99 Å².